The molecule has 2 rings (SSSR count). The van der Waals surface area contributed by atoms with Gasteiger partial charge in [-0.2, -0.15) is 0 Å². The van der Waals surface area contributed by atoms with E-state index in [-0.39, 0.29) is 12.5 Å². The molecule has 2 aromatic rings. The third-order valence-corrected chi connectivity index (χ3v) is 3.82. The van der Waals surface area contributed by atoms with Crippen LogP contribution in [0.25, 0.3) is 0 Å². The van der Waals surface area contributed by atoms with Crippen molar-refractivity contribution in [1.82, 2.24) is 4.98 Å². The van der Waals surface area contributed by atoms with Crippen LogP contribution in [0.15, 0.2) is 16.8 Å². The van der Waals surface area contributed by atoms with Crippen LogP contribution in [0.3, 0.4) is 0 Å². The van der Waals surface area contributed by atoms with Gasteiger partial charge in [0, 0.05) is 10.9 Å². The Balaban J connectivity index is 2.16. The van der Waals surface area contributed by atoms with E-state index in [1.807, 2.05) is 23.8 Å². The number of nitrogens with two attached hydrogens (primary N) is 1. The molecule has 0 bridgehead atoms. The Morgan fingerprint density at radius 3 is 3.06 bits per heavy atom. The van der Waals surface area contributed by atoms with Crippen molar-refractivity contribution >= 4 is 33.7 Å². The van der Waals surface area contributed by atoms with Gasteiger partial charge in [-0.25, -0.2) is 4.98 Å². The smallest absolute Gasteiger partial charge is 0.268 e. The van der Waals surface area contributed by atoms with Gasteiger partial charge >= 0.3 is 0 Å². The molecule has 1 amide bonds. The lowest BCUT2D eigenvalue weighted by Gasteiger charge is -1.99. The monoisotopic (exact) mass is 277 g/mol. The minimum atomic E-state index is -0.180. The molecule has 0 saturated heterocycles. The van der Waals surface area contributed by atoms with Crippen LogP contribution in [0.2, 0.25) is 0 Å². The minimum absolute atomic E-state index is 0.180. The van der Waals surface area contributed by atoms with Crippen LogP contribution >= 0.6 is 22.7 Å². The summed E-state index contributed by atoms with van der Waals surface area (Å²) in [6.07, 6.45) is 0. The quantitative estimate of drug-likeness (QED) is 0.826. The predicted molar refractivity (Wildman–Crippen MR) is 75.1 cm³/mol. The van der Waals surface area contributed by atoms with Gasteiger partial charge in [0.1, 0.15) is 4.88 Å². The number of nitrogens with zero attached hydrogens (tertiary/aromatic N) is 1. The summed E-state index contributed by atoms with van der Waals surface area (Å²) >= 11 is 2.76. The van der Waals surface area contributed by atoms with Crippen molar-refractivity contribution < 1.29 is 4.79 Å². The second-order valence-corrected chi connectivity index (χ2v) is 5.19. The van der Waals surface area contributed by atoms with Gasteiger partial charge in [0.05, 0.1) is 12.2 Å². The number of hydrogen-bond acceptors (Lipinski definition) is 5. The highest BCUT2D eigenvalue weighted by molar-refractivity contribution is 7.14. The van der Waals surface area contributed by atoms with Gasteiger partial charge in [-0.05, 0) is 18.4 Å². The van der Waals surface area contributed by atoms with Crippen molar-refractivity contribution in [3.63, 3.8) is 0 Å². The van der Waals surface area contributed by atoms with E-state index < -0.39 is 0 Å². The van der Waals surface area contributed by atoms with E-state index in [2.05, 4.69) is 22.1 Å². The zero-order valence-electron chi connectivity index (χ0n) is 9.69. The number of amides is 1. The highest BCUT2D eigenvalue weighted by Gasteiger charge is 2.13. The van der Waals surface area contributed by atoms with Crippen LogP contribution in [0, 0.1) is 18.8 Å². The molecule has 0 aliphatic heterocycles. The van der Waals surface area contributed by atoms with Gasteiger partial charge in [-0.3, -0.25) is 10.1 Å². The van der Waals surface area contributed by atoms with Crippen molar-refractivity contribution in [2.75, 3.05) is 11.9 Å². The highest BCUT2D eigenvalue weighted by atomic mass is 32.1. The first-order valence-corrected chi connectivity index (χ1v) is 6.96. The molecule has 0 radical (unpaired) electrons. The molecule has 0 aromatic carbocycles. The second kappa shape index (κ2) is 5.78. The normalized spacial score (nSPS) is 9.67. The molecule has 6 heteroatoms. The summed E-state index contributed by atoms with van der Waals surface area (Å²) < 4.78 is 0. The van der Waals surface area contributed by atoms with Crippen LogP contribution in [0.5, 0.6) is 0 Å². The molecule has 0 spiro atoms. The standard InChI is InChI=1S/C12H11N3OS2/c1-8-7-18-12(14-8)15-11(16)10-9(3-2-5-13)4-6-17-10/h4,6-7H,5,13H2,1H3,(H,14,15,16). The van der Waals surface area contributed by atoms with Crippen molar-refractivity contribution in [1.29, 1.82) is 0 Å². The molecule has 3 N–H and O–H groups in total. The molecule has 0 atom stereocenters. The number of carbonyl (C=O) groups excluding carboxylic acids is 1. The largest absolute Gasteiger partial charge is 0.320 e. The Hall–Kier alpha value is -1.68. The SMILES string of the molecule is Cc1csc(NC(=O)c2sccc2C#CCN)n1. The molecule has 0 aliphatic carbocycles. The summed E-state index contributed by atoms with van der Waals surface area (Å²) in [5, 5.41) is 7.09. The molecule has 0 fully saturated rings. The zero-order valence-corrected chi connectivity index (χ0v) is 11.3. The van der Waals surface area contributed by atoms with Crippen molar-refractivity contribution in [3.8, 4) is 11.8 Å². The molecular weight excluding hydrogens is 266 g/mol. The summed E-state index contributed by atoms with van der Waals surface area (Å²) in [5.74, 6) is 5.45. The van der Waals surface area contributed by atoms with E-state index in [1.54, 1.807) is 0 Å². The number of thiazole rings is 1. The number of hydrogen-bond donors (Lipinski definition) is 2. The summed E-state index contributed by atoms with van der Waals surface area (Å²) in [5.41, 5.74) is 6.92. The number of aromatic nitrogens is 1. The van der Waals surface area contributed by atoms with Gasteiger partial charge < -0.3 is 5.73 Å². The van der Waals surface area contributed by atoms with Gasteiger partial charge in [0.2, 0.25) is 0 Å². The Morgan fingerprint density at radius 1 is 1.56 bits per heavy atom. The molecule has 2 heterocycles. The summed E-state index contributed by atoms with van der Waals surface area (Å²) in [6, 6.07) is 1.81. The molecule has 0 unspecified atom stereocenters. The molecule has 92 valence electrons. The maximum Gasteiger partial charge on any atom is 0.268 e. The molecule has 4 nitrogen and oxygen atoms in total. The maximum absolute atomic E-state index is 12.0. The Morgan fingerprint density at radius 2 is 2.39 bits per heavy atom. The number of nitrogens with one attached hydrogen (secondary N) is 1. The first-order valence-electron chi connectivity index (χ1n) is 5.20. The number of aryl methyl sites for hydroxylation is 1. The number of carbonyl (C=O) groups is 1. The summed E-state index contributed by atoms with van der Waals surface area (Å²) in [7, 11) is 0. The fraction of sp³-hybridized carbons (Fsp3) is 0.167. The first-order chi connectivity index (χ1) is 8.70. The van der Waals surface area contributed by atoms with Crippen LogP contribution in [0.4, 0.5) is 5.13 Å². The molecular formula is C12H11N3OS2. The van der Waals surface area contributed by atoms with E-state index in [9.17, 15) is 4.79 Å². The first kappa shape index (κ1) is 12.8. The minimum Gasteiger partial charge on any atom is -0.320 e. The van der Waals surface area contributed by atoms with E-state index in [1.165, 1.54) is 22.7 Å². The summed E-state index contributed by atoms with van der Waals surface area (Å²) in [4.78, 5) is 16.8. The van der Waals surface area contributed by atoms with Crippen molar-refractivity contribution in [2.45, 2.75) is 6.92 Å². The third kappa shape index (κ3) is 2.96. The van der Waals surface area contributed by atoms with Crippen LogP contribution in [-0.4, -0.2) is 17.4 Å². The van der Waals surface area contributed by atoms with Gasteiger partial charge in [-0.15, -0.1) is 22.7 Å². The van der Waals surface area contributed by atoms with E-state index in [4.69, 9.17) is 5.73 Å². The molecule has 0 saturated carbocycles. The maximum atomic E-state index is 12.0. The summed E-state index contributed by atoms with van der Waals surface area (Å²) in [6.45, 7) is 2.16. The predicted octanol–water partition coefficient (Wildman–Crippen LogP) is 2.08. The lowest BCUT2D eigenvalue weighted by molar-refractivity contribution is 0.103. The van der Waals surface area contributed by atoms with Gasteiger partial charge in [-0.1, -0.05) is 11.8 Å². The lowest BCUT2D eigenvalue weighted by atomic mass is 10.2. The van der Waals surface area contributed by atoms with Crippen LogP contribution in [-0.2, 0) is 0 Å². The Labute approximate surface area is 113 Å². The van der Waals surface area contributed by atoms with E-state index >= 15 is 0 Å². The molecule has 0 aliphatic rings. The Bertz CT molecular complexity index is 619. The van der Waals surface area contributed by atoms with Gasteiger partial charge in [0.25, 0.3) is 5.91 Å². The van der Waals surface area contributed by atoms with E-state index in [0.717, 1.165) is 5.69 Å². The van der Waals surface area contributed by atoms with Crippen molar-refractivity contribution in [3.05, 3.63) is 33.0 Å². The number of anilines is 1. The molecule has 2 aromatic heterocycles. The van der Waals surface area contributed by atoms with Gasteiger partial charge in [0.15, 0.2) is 5.13 Å². The lowest BCUT2D eigenvalue weighted by Crippen LogP contribution is -2.11. The Kier molecular flexibility index (Phi) is 4.10. The second-order valence-electron chi connectivity index (χ2n) is 3.42. The van der Waals surface area contributed by atoms with Crippen LogP contribution < -0.4 is 11.1 Å². The fourth-order valence-electron chi connectivity index (χ4n) is 1.30. The average Bonchev–Trinajstić information content (AvgIpc) is 2.95. The third-order valence-electron chi connectivity index (χ3n) is 2.04. The highest BCUT2D eigenvalue weighted by Crippen LogP contribution is 2.20. The number of rotatable bonds is 2. The topological polar surface area (TPSA) is 68.0 Å². The average molecular weight is 277 g/mol. The molecule has 18 heavy (non-hydrogen) atoms. The van der Waals surface area contributed by atoms with Crippen LogP contribution in [0.1, 0.15) is 20.9 Å². The zero-order chi connectivity index (χ0) is 13.0. The number of thiophene rings is 1. The fourth-order valence-corrected chi connectivity index (χ4v) is 2.72. The van der Waals surface area contributed by atoms with Crippen molar-refractivity contribution in [2.24, 2.45) is 5.73 Å². The van der Waals surface area contributed by atoms with E-state index in [0.29, 0.717) is 15.6 Å².